The Kier molecular flexibility index (Phi) is 41.2. The molecular formula is C20H45Cl5O10Sn. The number of alkyl halides is 1. The number of hydrogen-bond acceptors (Lipinski definition) is 10. The third-order valence-electron chi connectivity index (χ3n) is 3.16. The van der Waals surface area contributed by atoms with Crippen LogP contribution in [0.1, 0.15) is 13.8 Å². The molecule has 10 nitrogen and oxygen atoms in total. The molecule has 16 heteroatoms. The van der Waals surface area contributed by atoms with Gasteiger partial charge in [0.05, 0.1) is 70.4 Å². The summed E-state index contributed by atoms with van der Waals surface area (Å²) in [7, 11) is 27.6. The van der Waals surface area contributed by atoms with Gasteiger partial charge in [-0.3, -0.25) is 0 Å². The van der Waals surface area contributed by atoms with E-state index >= 15 is 0 Å². The fourth-order valence-electron chi connectivity index (χ4n) is 1.43. The summed E-state index contributed by atoms with van der Waals surface area (Å²) in [6, 6.07) is 0. The number of halogens is 5. The van der Waals surface area contributed by atoms with Gasteiger partial charge >= 0.3 is 49.6 Å². The third kappa shape index (κ3) is 60.4. The molecule has 2 saturated heterocycles. The van der Waals surface area contributed by atoms with Gasteiger partial charge in [0.2, 0.25) is 0 Å². The quantitative estimate of drug-likeness (QED) is 0.156. The van der Waals surface area contributed by atoms with Gasteiger partial charge in [0.1, 0.15) is 12.2 Å². The molecule has 36 heavy (non-hydrogen) atoms. The Morgan fingerprint density at radius 1 is 0.806 bits per heavy atom. The summed E-state index contributed by atoms with van der Waals surface area (Å²) in [6.45, 7) is 7.66. The maximum absolute atomic E-state index is 9.14. The monoisotopic (exact) mass is 740 g/mol. The first-order valence-electron chi connectivity index (χ1n) is 10.8. The van der Waals surface area contributed by atoms with Gasteiger partial charge in [0.25, 0.3) is 0 Å². The SMILES string of the molecule is CO.COCC(C)O.COCC(O)COCC(C)OC.COCC1CO1.ClCC1CO1.[Cl][Sn]([Cl])([Cl])[Cl]. The van der Waals surface area contributed by atoms with Gasteiger partial charge in [-0.15, -0.1) is 11.6 Å². The molecule has 0 aromatic carbocycles. The molecule has 0 saturated carbocycles. The van der Waals surface area contributed by atoms with Gasteiger partial charge in [0.15, 0.2) is 0 Å². The predicted octanol–water partition coefficient (Wildman–Crippen LogP) is 2.70. The molecule has 0 bridgehead atoms. The molecule has 2 fully saturated rings. The molecule has 0 aromatic heterocycles. The van der Waals surface area contributed by atoms with Crippen LogP contribution in [0.3, 0.4) is 0 Å². The first kappa shape index (κ1) is 44.9. The number of hydrogen-bond donors (Lipinski definition) is 3. The molecule has 224 valence electrons. The molecule has 0 aliphatic carbocycles. The van der Waals surface area contributed by atoms with E-state index in [9.17, 15) is 0 Å². The normalized spacial score (nSPS) is 19.4. The van der Waals surface area contributed by atoms with Crippen LogP contribution in [-0.4, -0.2) is 147 Å². The molecule has 5 unspecified atom stereocenters. The molecule has 0 radical (unpaired) electrons. The van der Waals surface area contributed by atoms with Crippen LogP contribution in [0.5, 0.6) is 0 Å². The van der Waals surface area contributed by atoms with E-state index in [0.717, 1.165) is 26.9 Å². The van der Waals surface area contributed by atoms with Gasteiger partial charge in [-0.05, 0) is 13.8 Å². The number of aliphatic hydroxyl groups excluding tert-OH is 3. The van der Waals surface area contributed by atoms with Gasteiger partial charge in [-0.25, -0.2) is 0 Å². The van der Waals surface area contributed by atoms with Crippen molar-refractivity contribution in [3.63, 3.8) is 0 Å². The Hall–Kier alpha value is 1.85. The van der Waals surface area contributed by atoms with E-state index in [1.807, 2.05) is 6.92 Å². The van der Waals surface area contributed by atoms with Crippen molar-refractivity contribution in [2.45, 2.75) is 44.4 Å². The van der Waals surface area contributed by atoms with E-state index in [2.05, 4.69) is 4.74 Å². The van der Waals surface area contributed by atoms with Crippen molar-refractivity contribution in [3.8, 4) is 0 Å². The fraction of sp³-hybridized carbons (Fsp3) is 1.00. The first-order chi connectivity index (χ1) is 16.8. The number of rotatable bonds is 12. The maximum atomic E-state index is 9.14. The van der Waals surface area contributed by atoms with Gasteiger partial charge in [-0.1, -0.05) is 0 Å². The molecule has 0 spiro atoms. The van der Waals surface area contributed by atoms with Gasteiger partial charge in [0, 0.05) is 35.5 Å². The van der Waals surface area contributed by atoms with E-state index in [0.29, 0.717) is 44.5 Å². The second kappa shape index (κ2) is 33.1. The average molecular weight is 742 g/mol. The summed E-state index contributed by atoms with van der Waals surface area (Å²) in [5.41, 5.74) is 0. The Morgan fingerprint density at radius 2 is 1.25 bits per heavy atom. The summed E-state index contributed by atoms with van der Waals surface area (Å²) in [5.74, 6) is 0.667. The van der Waals surface area contributed by atoms with E-state index in [1.54, 1.807) is 35.4 Å². The zero-order valence-corrected chi connectivity index (χ0v) is 28.8. The molecule has 2 aliphatic heterocycles. The summed E-state index contributed by atoms with van der Waals surface area (Å²) in [5, 5.41) is 24.6. The van der Waals surface area contributed by atoms with Crippen LogP contribution >= 0.6 is 47.3 Å². The van der Waals surface area contributed by atoms with E-state index in [1.165, 1.54) is 0 Å². The molecule has 2 heterocycles. The Bertz CT molecular complexity index is 398. The Morgan fingerprint density at radius 3 is 1.44 bits per heavy atom. The minimum absolute atomic E-state index is 0.0692. The van der Waals surface area contributed by atoms with Crippen molar-refractivity contribution < 1.29 is 48.5 Å². The van der Waals surface area contributed by atoms with E-state index in [-0.39, 0.29) is 12.2 Å². The summed E-state index contributed by atoms with van der Waals surface area (Å²) in [4.78, 5) is 0. The molecule has 3 N–H and O–H groups in total. The van der Waals surface area contributed by atoms with Crippen LogP contribution in [0.2, 0.25) is 0 Å². The number of epoxide rings is 2. The average Bonchev–Trinajstić information content (AvgIpc) is 3.70. The van der Waals surface area contributed by atoms with Crippen LogP contribution in [-0.2, 0) is 33.2 Å². The first-order valence-corrected chi connectivity index (χ1v) is 25.8. The van der Waals surface area contributed by atoms with E-state index < -0.39 is 20.0 Å². The van der Waals surface area contributed by atoms with Crippen molar-refractivity contribution in [1.29, 1.82) is 0 Å². The second-order valence-electron chi connectivity index (χ2n) is 6.95. The van der Waals surface area contributed by atoms with Crippen molar-refractivity contribution >= 4 is 61.2 Å². The number of ether oxygens (including phenoxy) is 7. The zero-order chi connectivity index (χ0) is 29.0. The van der Waals surface area contributed by atoms with Crippen LogP contribution in [0, 0.1) is 0 Å². The van der Waals surface area contributed by atoms with Crippen LogP contribution in [0.25, 0.3) is 0 Å². The predicted molar refractivity (Wildman–Crippen MR) is 148 cm³/mol. The third-order valence-corrected chi connectivity index (χ3v) is 3.51. The van der Waals surface area contributed by atoms with Crippen LogP contribution in [0.15, 0.2) is 0 Å². The van der Waals surface area contributed by atoms with Gasteiger partial charge in [-0.2, -0.15) is 0 Å². The number of aliphatic hydroxyl groups is 3. The van der Waals surface area contributed by atoms with E-state index in [4.69, 9.17) is 91.0 Å². The Balaban J connectivity index is -0.000000183. The Labute approximate surface area is 240 Å². The molecule has 2 aliphatic rings. The fourth-order valence-corrected chi connectivity index (χ4v) is 1.61. The van der Waals surface area contributed by atoms with Crippen molar-refractivity contribution in [2.75, 3.05) is 87.7 Å². The zero-order valence-electron chi connectivity index (χ0n) is 22.1. The van der Waals surface area contributed by atoms with Crippen molar-refractivity contribution in [1.82, 2.24) is 0 Å². The van der Waals surface area contributed by atoms with Crippen LogP contribution in [0.4, 0.5) is 0 Å². The molecule has 0 aromatic rings. The second-order valence-corrected chi connectivity index (χ2v) is 32.7. The minimum atomic E-state index is -3.29. The molecule has 5 atom stereocenters. The van der Waals surface area contributed by atoms with Crippen LogP contribution < -0.4 is 0 Å². The summed E-state index contributed by atoms with van der Waals surface area (Å²) in [6.07, 6.45) is 0.0282. The molecule has 0 amide bonds. The standard InChI is InChI=1S/C8H18O4.C4H8O2.C4H10O2.C3H5ClO.CH4O.4ClH.Sn/c1-7(11-3)4-12-6-8(9)5-10-2;1-5-2-4-3-6-4;1-4(5)3-6-2;4-1-3-2-5-3;1-2;;;;;/h7-9H,4-6H2,1-3H3;4H,2-3H2,1H3;4-5H,3H2,1-2H3;3H,1-2H2;2H,1H3;4*1H;/q;;;;;;;;;+4/p-4. The topological polar surface area (TPSA) is 132 Å². The number of methoxy groups -OCH3 is 4. The molecule has 2 rings (SSSR count). The summed E-state index contributed by atoms with van der Waals surface area (Å²) >= 11 is 1.98. The molecular weight excluding hydrogens is 696 g/mol. The summed E-state index contributed by atoms with van der Waals surface area (Å²) < 4.78 is 33.7. The van der Waals surface area contributed by atoms with Gasteiger partial charge < -0.3 is 48.5 Å². The van der Waals surface area contributed by atoms with Crippen molar-refractivity contribution in [2.24, 2.45) is 0 Å². The van der Waals surface area contributed by atoms with Crippen molar-refractivity contribution in [3.05, 3.63) is 0 Å².